The minimum atomic E-state index is -1.16. The molecule has 0 bridgehead atoms. The third-order valence-electron chi connectivity index (χ3n) is 8.32. The van der Waals surface area contributed by atoms with Crippen LogP contribution in [-0.4, -0.2) is 98.9 Å². The Hall–Kier alpha value is -5.40. The maximum atomic E-state index is 13.5. The highest BCUT2D eigenvalue weighted by atomic mass is 16.6. The molecule has 2 aromatic carbocycles. The highest BCUT2D eigenvalue weighted by Gasteiger charge is 2.28. The summed E-state index contributed by atoms with van der Waals surface area (Å²) in [4.78, 5) is 71.5. The summed E-state index contributed by atoms with van der Waals surface area (Å²) in [6, 6.07) is 15.7. The zero-order valence-electron chi connectivity index (χ0n) is 29.6. The number of carbonyl (C=O) groups is 5. The maximum absolute atomic E-state index is 13.5. The number of ether oxygens (including phenoxy) is 1. The Bertz CT molecular complexity index is 1640. The summed E-state index contributed by atoms with van der Waals surface area (Å²) in [5.41, 5.74) is 1.65. The van der Waals surface area contributed by atoms with E-state index in [9.17, 15) is 24.0 Å². The van der Waals surface area contributed by atoms with E-state index in [1.165, 1.54) is 17.1 Å². The SMILES string of the molecule is CC(C)(C)OC(=O)n1cncc1C[C@H](NC(=O)c1ccccc1CCNC(=O)O)C(=O)NCCCCCCN1CCN(Cc2ccccc2)C1=O. The second-order valence-corrected chi connectivity index (χ2v) is 13.5. The zero-order valence-corrected chi connectivity index (χ0v) is 29.6. The van der Waals surface area contributed by atoms with E-state index in [1.54, 1.807) is 45.0 Å². The smallest absolute Gasteiger partial charge is 0.420 e. The number of carboxylic acid groups (broad SMARTS) is 1. The molecule has 1 aromatic heterocycles. The Morgan fingerprint density at radius 2 is 1.61 bits per heavy atom. The summed E-state index contributed by atoms with van der Waals surface area (Å²) in [7, 11) is 0. The van der Waals surface area contributed by atoms with E-state index in [-0.39, 0.29) is 25.4 Å². The molecule has 3 aromatic rings. The van der Waals surface area contributed by atoms with E-state index in [0.717, 1.165) is 24.8 Å². The van der Waals surface area contributed by atoms with E-state index < -0.39 is 35.6 Å². The van der Waals surface area contributed by atoms with Gasteiger partial charge in [0.25, 0.3) is 5.91 Å². The van der Waals surface area contributed by atoms with E-state index in [2.05, 4.69) is 20.9 Å². The molecule has 2 heterocycles. The molecule has 1 fully saturated rings. The molecule has 14 heteroatoms. The summed E-state index contributed by atoms with van der Waals surface area (Å²) < 4.78 is 6.71. The van der Waals surface area contributed by atoms with Crippen LogP contribution in [0.5, 0.6) is 0 Å². The lowest BCUT2D eigenvalue weighted by Crippen LogP contribution is -2.48. The lowest BCUT2D eigenvalue weighted by Gasteiger charge is -2.22. The van der Waals surface area contributed by atoms with E-state index in [1.807, 2.05) is 40.1 Å². The highest BCUT2D eigenvalue weighted by Crippen LogP contribution is 2.16. The number of aromatic nitrogens is 2. The molecule has 4 rings (SSSR count). The van der Waals surface area contributed by atoms with Crippen molar-refractivity contribution in [1.82, 2.24) is 35.3 Å². The second kappa shape index (κ2) is 18.6. The molecular formula is C37H49N7O7. The highest BCUT2D eigenvalue weighted by molar-refractivity contribution is 5.98. The van der Waals surface area contributed by atoms with E-state index in [0.29, 0.717) is 56.0 Å². The van der Waals surface area contributed by atoms with E-state index >= 15 is 0 Å². The van der Waals surface area contributed by atoms with Gasteiger partial charge in [-0.3, -0.25) is 9.59 Å². The molecule has 0 radical (unpaired) electrons. The van der Waals surface area contributed by atoms with Crippen molar-refractivity contribution in [3.8, 4) is 0 Å². The first kappa shape index (κ1) is 38.4. The Kier molecular flexibility index (Phi) is 14.0. The molecule has 4 N–H and O–H groups in total. The van der Waals surface area contributed by atoms with Crippen molar-refractivity contribution in [3.05, 3.63) is 89.5 Å². The molecular weight excluding hydrogens is 654 g/mol. The number of hydrogen-bond donors (Lipinski definition) is 4. The van der Waals surface area contributed by atoms with Crippen molar-refractivity contribution in [2.24, 2.45) is 0 Å². The van der Waals surface area contributed by atoms with Gasteiger partial charge < -0.3 is 35.6 Å². The number of carbonyl (C=O) groups excluding carboxylic acids is 4. The summed E-state index contributed by atoms with van der Waals surface area (Å²) in [6.45, 7) is 8.44. The van der Waals surface area contributed by atoms with Gasteiger partial charge >= 0.3 is 18.2 Å². The van der Waals surface area contributed by atoms with Crippen molar-refractivity contribution in [2.45, 2.75) is 77.5 Å². The topological polar surface area (TPSA) is 175 Å². The predicted octanol–water partition coefficient (Wildman–Crippen LogP) is 4.43. The van der Waals surface area contributed by atoms with Gasteiger partial charge in [0.05, 0.1) is 5.69 Å². The largest absolute Gasteiger partial charge is 0.465 e. The second-order valence-electron chi connectivity index (χ2n) is 13.5. The first-order valence-electron chi connectivity index (χ1n) is 17.4. The first-order chi connectivity index (χ1) is 24.4. The van der Waals surface area contributed by atoms with Gasteiger partial charge in [0.2, 0.25) is 5.91 Å². The zero-order chi connectivity index (χ0) is 36.8. The number of imidazole rings is 1. The molecule has 1 atom stereocenters. The van der Waals surface area contributed by atoms with Gasteiger partial charge in [-0.25, -0.2) is 23.9 Å². The number of amides is 5. The third-order valence-corrected chi connectivity index (χ3v) is 8.32. The number of unbranched alkanes of at least 4 members (excludes halogenated alkanes) is 3. The lowest BCUT2D eigenvalue weighted by atomic mass is 10.0. The van der Waals surface area contributed by atoms with E-state index in [4.69, 9.17) is 9.84 Å². The van der Waals surface area contributed by atoms with Gasteiger partial charge in [-0.05, 0) is 57.2 Å². The van der Waals surface area contributed by atoms with Crippen molar-refractivity contribution in [2.75, 3.05) is 32.7 Å². The molecule has 274 valence electrons. The minimum Gasteiger partial charge on any atom is -0.465 e. The van der Waals surface area contributed by atoms with Crippen LogP contribution in [0.2, 0.25) is 0 Å². The normalized spacial score (nSPS) is 13.5. The molecule has 14 nitrogen and oxygen atoms in total. The average molecular weight is 704 g/mol. The summed E-state index contributed by atoms with van der Waals surface area (Å²) in [5, 5.41) is 17.0. The number of hydrogen-bond acceptors (Lipinski definition) is 7. The molecule has 1 aliphatic heterocycles. The fourth-order valence-electron chi connectivity index (χ4n) is 5.77. The van der Waals surface area contributed by atoms with Crippen LogP contribution in [0.4, 0.5) is 14.4 Å². The molecule has 5 amide bonds. The quantitative estimate of drug-likeness (QED) is 0.149. The van der Waals surface area contributed by atoms with Crippen LogP contribution >= 0.6 is 0 Å². The van der Waals surface area contributed by atoms with Crippen molar-refractivity contribution in [3.63, 3.8) is 0 Å². The van der Waals surface area contributed by atoms with Gasteiger partial charge in [0.15, 0.2) is 0 Å². The Balaban J connectivity index is 1.31. The summed E-state index contributed by atoms with van der Waals surface area (Å²) in [6.07, 6.45) is 4.47. The van der Waals surface area contributed by atoms with Gasteiger partial charge in [-0.15, -0.1) is 0 Å². The van der Waals surface area contributed by atoms with Crippen LogP contribution in [0, 0.1) is 0 Å². The average Bonchev–Trinajstić information content (AvgIpc) is 3.69. The third kappa shape index (κ3) is 12.2. The summed E-state index contributed by atoms with van der Waals surface area (Å²) >= 11 is 0. The van der Waals surface area contributed by atoms with Crippen LogP contribution in [0.1, 0.15) is 73.6 Å². The van der Waals surface area contributed by atoms with Gasteiger partial charge in [-0.1, -0.05) is 61.4 Å². The van der Waals surface area contributed by atoms with Gasteiger partial charge in [0.1, 0.15) is 18.0 Å². The molecule has 0 spiro atoms. The molecule has 51 heavy (non-hydrogen) atoms. The standard InChI is InChI=1S/C37H49N7O7/c1-37(2,3)51-36(50)44-26-38-24-29(44)23-31(41-32(45)30-16-10-9-15-28(30)17-19-40-34(47)48)33(46)39-18-11-4-5-12-20-42-21-22-43(35(42)49)25-27-13-7-6-8-14-27/h6-10,13-16,24,26,31,40H,4-5,11-12,17-23,25H2,1-3H3,(H,39,46)(H,41,45)(H,47,48)/t31-/m0/s1. The van der Waals surface area contributed by atoms with Crippen LogP contribution in [0.3, 0.4) is 0 Å². The number of nitrogens with zero attached hydrogens (tertiary/aromatic N) is 4. The van der Waals surface area contributed by atoms with Crippen LogP contribution in [0.15, 0.2) is 67.1 Å². The number of rotatable bonds is 17. The monoisotopic (exact) mass is 703 g/mol. The molecule has 1 aliphatic rings. The van der Waals surface area contributed by atoms with Crippen LogP contribution in [-0.2, 0) is 28.9 Å². The molecule has 1 saturated heterocycles. The van der Waals surface area contributed by atoms with Crippen LogP contribution < -0.4 is 16.0 Å². The molecule has 0 aliphatic carbocycles. The van der Waals surface area contributed by atoms with Gasteiger partial charge in [0, 0.05) is 57.4 Å². The summed E-state index contributed by atoms with van der Waals surface area (Å²) in [5.74, 6) is -0.935. The fourth-order valence-corrected chi connectivity index (χ4v) is 5.77. The maximum Gasteiger partial charge on any atom is 0.420 e. The molecule has 0 unspecified atom stereocenters. The van der Waals surface area contributed by atoms with Crippen molar-refractivity contribution in [1.29, 1.82) is 0 Å². The van der Waals surface area contributed by atoms with Crippen molar-refractivity contribution >= 4 is 30.0 Å². The number of nitrogens with one attached hydrogen (secondary N) is 3. The van der Waals surface area contributed by atoms with Crippen molar-refractivity contribution < 1.29 is 33.8 Å². The fraction of sp³-hybridized carbons (Fsp3) is 0.459. The Morgan fingerprint density at radius 1 is 0.902 bits per heavy atom. The Morgan fingerprint density at radius 3 is 2.35 bits per heavy atom. The van der Waals surface area contributed by atoms with Gasteiger partial charge in [-0.2, -0.15) is 0 Å². The predicted molar refractivity (Wildman–Crippen MR) is 190 cm³/mol. The number of benzene rings is 2. The lowest BCUT2D eigenvalue weighted by molar-refractivity contribution is -0.123. The first-order valence-corrected chi connectivity index (χ1v) is 17.4. The number of urea groups is 1. The Labute approximate surface area is 298 Å². The molecule has 0 saturated carbocycles. The minimum absolute atomic E-state index is 0.0370. The van der Waals surface area contributed by atoms with Crippen LogP contribution in [0.25, 0.3) is 0 Å².